The van der Waals surface area contributed by atoms with Crippen molar-refractivity contribution in [2.75, 3.05) is 17.2 Å². The van der Waals surface area contributed by atoms with Crippen LogP contribution in [0.15, 0.2) is 30.3 Å². The van der Waals surface area contributed by atoms with Crippen LogP contribution in [0.2, 0.25) is 0 Å². The Bertz CT molecular complexity index is 1000. The average Bonchev–Trinajstić information content (AvgIpc) is 3.07. The summed E-state index contributed by atoms with van der Waals surface area (Å²) in [6.45, 7) is 2.05. The molecule has 3 rings (SSSR count). The van der Waals surface area contributed by atoms with Gasteiger partial charge in [0.05, 0.1) is 22.4 Å². The number of amides is 1. The number of pyridine rings is 1. The van der Waals surface area contributed by atoms with Crippen LogP contribution in [0.4, 0.5) is 24.7 Å². The summed E-state index contributed by atoms with van der Waals surface area (Å²) in [4.78, 5) is 20.4. The molecule has 0 unspecified atom stereocenters. The fourth-order valence-electron chi connectivity index (χ4n) is 2.50. The summed E-state index contributed by atoms with van der Waals surface area (Å²) in [5.74, 6) is -0.705. The number of hydrogen-bond acceptors (Lipinski definition) is 6. The standard InChI is InChI=1S/C18H17F3N4O2S/c1-2-7-22-16-11(4-6-14(25-16)18(19,20)21)17(27)23-10-3-5-13-12(8-10)24-15(9-26)28-13/h3-6,8,26H,2,7,9H2,1H3,(H,22,25)(H,23,27). The molecule has 0 fully saturated rings. The summed E-state index contributed by atoms with van der Waals surface area (Å²) in [7, 11) is 0. The highest BCUT2D eigenvalue weighted by molar-refractivity contribution is 7.18. The fourth-order valence-corrected chi connectivity index (χ4v) is 3.30. The summed E-state index contributed by atoms with van der Waals surface area (Å²) in [5.41, 5.74) is -0.00527. The van der Waals surface area contributed by atoms with Crippen molar-refractivity contribution in [2.45, 2.75) is 26.1 Å². The van der Waals surface area contributed by atoms with E-state index < -0.39 is 17.8 Å². The Kier molecular flexibility index (Phi) is 5.80. The van der Waals surface area contributed by atoms with Crippen LogP contribution in [0.3, 0.4) is 0 Å². The monoisotopic (exact) mass is 410 g/mol. The summed E-state index contributed by atoms with van der Waals surface area (Å²) in [6.07, 6.45) is -3.94. The van der Waals surface area contributed by atoms with Gasteiger partial charge in [-0.3, -0.25) is 4.79 Å². The first-order valence-corrected chi connectivity index (χ1v) is 9.27. The van der Waals surface area contributed by atoms with E-state index in [2.05, 4.69) is 20.6 Å². The van der Waals surface area contributed by atoms with Crippen molar-refractivity contribution < 1.29 is 23.1 Å². The minimum atomic E-state index is -4.60. The minimum Gasteiger partial charge on any atom is -0.389 e. The number of nitrogens with one attached hydrogen (secondary N) is 2. The summed E-state index contributed by atoms with van der Waals surface area (Å²) in [6, 6.07) is 6.94. The Hall–Kier alpha value is -2.72. The molecular weight excluding hydrogens is 393 g/mol. The lowest BCUT2D eigenvalue weighted by Crippen LogP contribution is -2.18. The molecule has 0 bridgehead atoms. The number of carbonyl (C=O) groups is 1. The maximum atomic E-state index is 12.9. The highest BCUT2D eigenvalue weighted by atomic mass is 32.1. The van der Waals surface area contributed by atoms with Gasteiger partial charge in [-0.05, 0) is 36.8 Å². The lowest BCUT2D eigenvalue weighted by Gasteiger charge is -2.14. The number of halogens is 3. The summed E-state index contributed by atoms with van der Waals surface area (Å²) in [5, 5.41) is 15.1. The van der Waals surface area contributed by atoms with Gasteiger partial charge in [0.15, 0.2) is 0 Å². The van der Waals surface area contributed by atoms with Gasteiger partial charge in [-0.15, -0.1) is 11.3 Å². The number of fused-ring (bicyclic) bond motifs is 1. The third-order valence-corrected chi connectivity index (χ3v) is 4.82. The molecule has 0 atom stereocenters. The molecule has 0 radical (unpaired) electrons. The van der Waals surface area contributed by atoms with Crippen LogP contribution in [0.25, 0.3) is 10.2 Å². The molecule has 2 heterocycles. The highest BCUT2D eigenvalue weighted by Crippen LogP contribution is 2.30. The smallest absolute Gasteiger partial charge is 0.389 e. The molecule has 0 aliphatic carbocycles. The molecule has 28 heavy (non-hydrogen) atoms. The van der Waals surface area contributed by atoms with Gasteiger partial charge in [-0.2, -0.15) is 13.2 Å². The number of anilines is 2. The maximum absolute atomic E-state index is 12.9. The van der Waals surface area contributed by atoms with E-state index in [9.17, 15) is 18.0 Å². The Balaban J connectivity index is 1.88. The van der Waals surface area contributed by atoms with Crippen LogP contribution in [-0.4, -0.2) is 27.5 Å². The van der Waals surface area contributed by atoms with Crippen LogP contribution in [-0.2, 0) is 12.8 Å². The molecule has 0 aliphatic heterocycles. The number of hydrogen-bond donors (Lipinski definition) is 3. The topological polar surface area (TPSA) is 87.1 Å². The van der Waals surface area contributed by atoms with Gasteiger partial charge >= 0.3 is 6.18 Å². The van der Waals surface area contributed by atoms with Crippen LogP contribution in [0, 0.1) is 0 Å². The molecule has 3 aromatic rings. The van der Waals surface area contributed by atoms with E-state index in [0.717, 1.165) is 16.8 Å². The van der Waals surface area contributed by atoms with Gasteiger partial charge < -0.3 is 15.7 Å². The number of carbonyl (C=O) groups excluding carboxylic acids is 1. The van der Waals surface area contributed by atoms with Gasteiger partial charge in [-0.25, -0.2) is 9.97 Å². The molecule has 0 saturated heterocycles. The van der Waals surface area contributed by atoms with Crippen LogP contribution >= 0.6 is 11.3 Å². The first-order chi connectivity index (χ1) is 13.3. The molecule has 0 saturated carbocycles. The van der Waals surface area contributed by atoms with Gasteiger partial charge in [0.25, 0.3) is 5.91 Å². The van der Waals surface area contributed by atoms with Crippen LogP contribution in [0.5, 0.6) is 0 Å². The van der Waals surface area contributed by atoms with E-state index in [-0.39, 0.29) is 18.0 Å². The zero-order chi connectivity index (χ0) is 20.3. The van der Waals surface area contributed by atoms with Crippen molar-refractivity contribution in [3.63, 3.8) is 0 Å². The molecule has 1 aromatic carbocycles. The number of alkyl halides is 3. The second-order valence-electron chi connectivity index (χ2n) is 5.92. The lowest BCUT2D eigenvalue weighted by atomic mass is 10.2. The average molecular weight is 410 g/mol. The minimum absolute atomic E-state index is 0.0101. The van der Waals surface area contributed by atoms with Gasteiger partial charge in [0, 0.05) is 12.2 Å². The van der Waals surface area contributed by atoms with Crippen molar-refractivity contribution in [1.29, 1.82) is 0 Å². The molecule has 6 nitrogen and oxygen atoms in total. The summed E-state index contributed by atoms with van der Waals surface area (Å²) < 4.78 is 39.7. The van der Waals surface area contributed by atoms with E-state index in [4.69, 9.17) is 5.11 Å². The third kappa shape index (κ3) is 4.39. The third-order valence-electron chi connectivity index (χ3n) is 3.80. The zero-order valence-corrected chi connectivity index (χ0v) is 15.6. The number of benzene rings is 1. The fraction of sp³-hybridized carbons (Fsp3) is 0.278. The molecule has 0 aliphatic rings. The number of aliphatic hydroxyl groups excluding tert-OH is 1. The summed E-state index contributed by atoms with van der Waals surface area (Å²) >= 11 is 1.34. The van der Waals surface area contributed by atoms with Gasteiger partial charge in [-0.1, -0.05) is 6.92 Å². The van der Waals surface area contributed by atoms with Gasteiger partial charge in [0.1, 0.15) is 16.5 Å². The number of nitrogens with zero attached hydrogens (tertiary/aromatic N) is 2. The van der Waals surface area contributed by atoms with Crippen LogP contribution in [0.1, 0.15) is 34.4 Å². The number of aromatic nitrogens is 2. The molecule has 3 N–H and O–H groups in total. The van der Waals surface area contributed by atoms with E-state index in [1.165, 1.54) is 11.3 Å². The Labute approximate surface area is 162 Å². The Morgan fingerprint density at radius 2 is 2.00 bits per heavy atom. The van der Waals surface area contributed by atoms with Crippen molar-refractivity contribution in [3.8, 4) is 0 Å². The quantitative estimate of drug-likeness (QED) is 0.565. The second-order valence-corrected chi connectivity index (χ2v) is 7.03. The molecule has 148 valence electrons. The van der Waals surface area contributed by atoms with Crippen molar-refractivity contribution in [3.05, 3.63) is 46.6 Å². The SMILES string of the molecule is CCCNc1nc(C(F)(F)F)ccc1C(=O)Nc1ccc2sc(CO)nc2c1. The number of thiazole rings is 1. The second kappa shape index (κ2) is 8.11. The van der Waals surface area contributed by atoms with E-state index in [0.29, 0.717) is 29.2 Å². The van der Waals surface area contributed by atoms with Crippen molar-refractivity contribution in [1.82, 2.24) is 9.97 Å². The van der Waals surface area contributed by atoms with E-state index in [1.807, 2.05) is 6.92 Å². The predicted octanol–water partition coefficient (Wildman–Crippen LogP) is 4.28. The van der Waals surface area contributed by atoms with Crippen molar-refractivity contribution >= 4 is 39.0 Å². The first-order valence-electron chi connectivity index (χ1n) is 8.45. The molecule has 1 amide bonds. The predicted molar refractivity (Wildman–Crippen MR) is 102 cm³/mol. The zero-order valence-electron chi connectivity index (χ0n) is 14.8. The van der Waals surface area contributed by atoms with Crippen molar-refractivity contribution in [2.24, 2.45) is 0 Å². The molecule has 10 heteroatoms. The number of rotatable bonds is 6. The normalized spacial score (nSPS) is 11.6. The molecule has 2 aromatic heterocycles. The number of aliphatic hydroxyl groups is 1. The largest absolute Gasteiger partial charge is 0.433 e. The van der Waals surface area contributed by atoms with Gasteiger partial charge in [0.2, 0.25) is 0 Å². The Morgan fingerprint density at radius 3 is 2.68 bits per heavy atom. The van der Waals surface area contributed by atoms with Crippen LogP contribution < -0.4 is 10.6 Å². The lowest BCUT2D eigenvalue weighted by molar-refractivity contribution is -0.141. The molecular formula is C18H17F3N4O2S. The first kappa shape index (κ1) is 20.0. The van der Waals surface area contributed by atoms with E-state index >= 15 is 0 Å². The Morgan fingerprint density at radius 1 is 1.21 bits per heavy atom. The molecule has 0 spiro atoms. The van der Waals surface area contributed by atoms with E-state index in [1.54, 1.807) is 18.2 Å². The highest BCUT2D eigenvalue weighted by Gasteiger charge is 2.33. The maximum Gasteiger partial charge on any atom is 0.433 e.